The molecule has 0 aliphatic heterocycles. The molecule has 2 aromatic carbocycles. The Morgan fingerprint density at radius 1 is 1.17 bits per heavy atom. The van der Waals surface area contributed by atoms with E-state index in [1.165, 1.54) is 0 Å². The molecule has 0 aromatic heterocycles. The number of rotatable bonds is 6. The van der Waals surface area contributed by atoms with Crippen LogP contribution >= 0.6 is 0 Å². The van der Waals surface area contributed by atoms with Gasteiger partial charge in [0, 0.05) is 18.2 Å². The Bertz CT molecular complexity index is 654. The number of nitrogens with one attached hydrogen (secondary N) is 1. The third-order valence-corrected chi connectivity index (χ3v) is 3.56. The second kappa shape index (κ2) is 7.79. The Morgan fingerprint density at radius 3 is 2.48 bits per heavy atom. The maximum Gasteiger partial charge on any atom is 0.225 e. The van der Waals surface area contributed by atoms with Gasteiger partial charge in [-0.25, -0.2) is 0 Å². The lowest BCUT2D eigenvalue weighted by molar-refractivity contribution is -0.116. The maximum absolute atomic E-state index is 11.8. The number of carbonyl (C=O) groups is 1. The van der Waals surface area contributed by atoms with Crippen molar-refractivity contribution < 1.29 is 9.53 Å². The SMILES string of the molecule is Cc1cc(OC(C)c2ccccc2)ccc1NC(=O)CC(C)N. The highest BCUT2D eigenvalue weighted by molar-refractivity contribution is 5.91. The van der Waals surface area contributed by atoms with Gasteiger partial charge in [0.1, 0.15) is 11.9 Å². The average Bonchev–Trinajstić information content (AvgIpc) is 2.50. The summed E-state index contributed by atoms with van der Waals surface area (Å²) in [6.45, 7) is 5.78. The van der Waals surface area contributed by atoms with Crippen LogP contribution in [0, 0.1) is 6.92 Å². The molecule has 0 fully saturated rings. The maximum atomic E-state index is 11.8. The highest BCUT2D eigenvalue weighted by Gasteiger charge is 2.10. The molecule has 0 spiro atoms. The van der Waals surface area contributed by atoms with Gasteiger partial charge in [-0.1, -0.05) is 30.3 Å². The average molecular weight is 312 g/mol. The summed E-state index contributed by atoms with van der Waals surface area (Å²) >= 11 is 0. The van der Waals surface area contributed by atoms with E-state index in [1.54, 1.807) is 0 Å². The van der Waals surface area contributed by atoms with Crippen LogP contribution in [0.5, 0.6) is 5.75 Å². The number of hydrogen-bond donors (Lipinski definition) is 2. The molecule has 0 heterocycles. The molecule has 4 nitrogen and oxygen atoms in total. The van der Waals surface area contributed by atoms with Crippen LogP contribution in [0.2, 0.25) is 0 Å². The normalized spacial score (nSPS) is 13.2. The molecular formula is C19H24N2O2. The summed E-state index contributed by atoms with van der Waals surface area (Å²) in [4.78, 5) is 11.8. The molecule has 2 rings (SSSR count). The fraction of sp³-hybridized carbons (Fsp3) is 0.316. The van der Waals surface area contributed by atoms with E-state index in [0.29, 0.717) is 6.42 Å². The molecule has 23 heavy (non-hydrogen) atoms. The van der Waals surface area contributed by atoms with Crippen molar-refractivity contribution in [3.05, 3.63) is 59.7 Å². The smallest absolute Gasteiger partial charge is 0.225 e. The van der Waals surface area contributed by atoms with Crippen LogP contribution in [0.25, 0.3) is 0 Å². The lowest BCUT2D eigenvalue weighted by Crippen LogP contribution is -2.24. The molecule has 2 aromatic rings. The van der Waals surface area contributed by atoms with Gasteiger partial charge in [0.15, 0.2) is 0 Å². The summed E-state index contributed by atoms with van der Waals surface area (Å²) in [5.74, 6) is 0.707. The van der Waals surface area contributed by atoms with Crippen molar-refractivity contribution in [2.24, 2.45) is 5.73 Å². The summed E-state index contributed by atoms with van der Waals surface area (Å²) in [7, 11) is 0. The van der Waals surface area contributed by atoms with Gasteiger partial charge in [-0.05, 0) is 50.1 Å². The number of hydrogen-bond acceptors (Lipinski definition) is 3. The molecule has 0 bridgehead atoms. The van der Waals surface area contributed by atoms with Crippen molar-refractivity contribution in [2.75, 3.05) is 5.32 Å². The first-order valence-corrected chi connectivity index (χ1v) is 7.83. The third kappa shape index (κ3) is 5.11. The molecule has 0 radical (unpaired) electrons. The summed E-state index contributed by atoms with van der Waals surface area (Å²) in [6.07, 6.45) is 0.275. The first kappa shape index (κ1) is 17.0. The summed E-state index contributed by atoms with van der Waals surface area (Å²) < 4.78 is 5.97. The molecule has 0 saturated carbocycles. The zero-order valence-corrected chi connectivity index (χ0v) is 13.9. The molecule has 2 unspecified atom stereocenters. The number of anilines is 1. The van der Waals surface area contributed by atoms with E-state index >= 15 is 0 Å². The zero-order chi connectivity index (χ0) is 16.8. The first-order chi connectivity index (χ1) is 11.0. The first-order valence-electron chi connectivity index (χ1n) is 7.83. The van der Waals surface area contributed by atoms with Gasteiger partial charge in [0.25, 0.3) is 0 Å². The van der Waals surface area contributed by atoms with Crippen molar-refractivity contribution in [1.29, 1.82) is 0 Å². The van der Waals surface area contributed by atoms with Crippen molar-refractivity contribution >= 4 is 11.6 Å². The molecule has 122 valence electrons. The van der Waals surface area contributed by atoms with Gasteiger partial charge in [-0.3, -0.25) is 4.79 Å². The van der Waals surface area contributed by atoms with Crippen LogP contribution in [0.4, 0.5) is 5.69 Å². The monoisotopic (exact) mass is 312 g/mol. The van der Waals surface area contributed by atoms with Crippen LogP contribution in [-0.2, 0) is 4.79 Å². The van der Waals surface area contributed by atoms with Crippen molar-refractivity contribution in [3.63, 3.8) is 0 Å². The fourth-order valence-corrected chi connectivity index (χ4v) is 2.34. The Kier molecular flexibility index (Phi) is 5.77. The molecule has 0 aliphatic carbocycles. The largest absolute Gasteiger partial charge is 0.486 e. The summed E-state index contributed by atoms with van der Waals surface area (Å²) in [5, 5.41) is 2.88. The second-order valence-corrected chi connectivity index (χ2v) is 5.88. The predicted molar refractivity (Wildman–Crippen MR) is 93.6 cm³/mol. The number of benzene rings is 2. The van der Waals surface area contributed by atoms with Gasteiger partial charge in [0.2, 0.25) is 5.91 Å². The second-order valence-electron chi connectivity index (χ2n) is 5.88. The van der Waals surface area contributed by atoms with Crippen molar-refractivity contribution in [3.8, 4) is 5.75 Å². The number of amides is 1. The number of aryl methyl sites for hydroxylation is 1. The van der Waals surface area contributed by atoms with E-state index in [2.05, 4.69) is 5.32 Å². The van der Waals surface area contributed by atoms with E-state index in [4.69, 9.17) is 10.5 Å². The van der Waals surface area contributed by atoms with E-state index < -0.39 is 0 Å². The topological polar surface area (TPSA) is 64.3 Å². The Hall–Kier alpha value is -2.33. The number of nitrogens with two attached hydrogens (primary N) is 1. The molecule has 0 saturated heterocycles. The molecular weight excluding hydrogens is 288 g/mol. The van der Waals surface area contributed by atoms with Crippen LogP contribution in [0.1, 0.15) is 37.5 Å². The number of carbonyl (C=O) groups excluding carboxylic acids is 1. The lowest BCUT2D eigenvalue weighted by atomic mass is 10.1. The predicted octanol–water partition coefficient (Wildman–Crippen LogP) is 3.81. The standard InChI is InChI=1S/C19H24N2O2/c1-13-11-17(23-15(3)16-7-5-4-6-8-16)9-10-18(13)21-19(22)12-14(2)20/h4-11,14-15H,12,20H2,1-3H3,(H,21,22). The van der Waals surface area contributed by atoms with Gasteiger partial charge in [-0.15, -0.1) is 0 Å². The lowest BCUT2D eigenvalue weighted by Gasteiger charge is -2.17. The summed E-state index contributed by atoms with van der Waals surface area (Å²) in [5.41, 5.74) is 8.51. The minimum atomic E-state index is -0.148. The quantitative estimate of drug-likeness (QED) is 0.852. The van der Waals surface area contributed by atoms with Crippen LogP contribution in [0.3, 0.4) is 0 Å². The van der Waals surface area contributed by atoms with Gasteiger partial charge >= 0.3 is 0 Å². The van der Waals surface area contributed by atoms with Crippen LogP contribution in [-0.4, -0.2) is 11.9 Å². The molecule has 2 atom stereocenters. The van der Waals surface area contributed by atoms with Crippen molar-refractivity contribution in [2.45, 2.75) is 39.3 Å². The van der Waals surface area contributed by atoms with Gasteiger partial charge in [0.05, 0.1) is 0 Å². The van der Waals surface area contributed by atoms with Gasteiger partial charge < -0.3 is 15.8 Å². The Balaban J connectivity index is 2.03. The van der Waals surface area contributed by atoms with E-state index in [-0.39, 0.29) is 18.1 Å². The van der Waals surface area contributed by atoms with E-state index in [0.717, 1.165) is 22.6 Å². The highest BCUT2D eigenvalue weighted by atomic mass is 16.5. The Morgan fingerprint density at radius 2 is 1.87 bits per heavy atom. The van der Waals surface area contributed by atoms with E-state index in [9.17, 15) is 4.79 Å². The van der Waals surface area contributed by atoms with Crippen LogP contribution < -0.4 is 15.8 Å². The van der Waals surface area contributed by atoms with Crippen molar-refractivity contribution in [1.82, 2.24) is 0 Å². The zero-order valence-electron chi connectivity index (χ0n) is 13.9. The van der Waals surface area contributed by atoms with Gasteiger partial charge in [-0.2, -0.15) is 0 Å². The van der Waals surface area contributed by atoms with Crippen LogP contribution in [0.15, 0.2) is 48.5 Å². The third-order valence-electron chi connectivity index (χ3n) is 3.56. The number of ether oxygens (including phenoxy) is 1. The molecule has 3 N–H and O–H groups in total. The Labute approximate surface area is 137 Å². The fourth-order valence-electron chi connectivity index (χ4n) is 2.34. The molecule has 1 amide bonds. The highest BCUT2D eigenvalue weighted by Crippen LogP contribution is 2.26. The minimum absolute atomic E-state index is 0.0332. The minimum Gasteiger partial charge on any atom is -0.486 e. The summed E-state index contributed by atoms with van der Waals surface area (Å²) in [6, 6.07) is 15.6. The van der Waals surface area contributed by atoms with E-state index in [1.807, 2.05) is 69.3 Å². The molecule has 0 aliphatic rings. The molecule has 4 heteroatoms.